The zero-order valence-electron chi connectivity index (χ0n) is 27.1. The van der Waals surface area contributed by atoms with Crippen molar-refractivity contribution in [1.82, 2.24) is 24.9 Å². The average Bonchev–Trinajstić information content (AvgIpc) is 3.43. The molecular formula is C44H27F2N5. The zero-order valence-corrected chi connectivity index (χ0v) is 27.1. The lowest BCUT2D eigenvalue weighted by Crippen LogP contribution is -2.11. The predicted molar refractivity (Wildman–Crippen MR) is 196 cm³/mol. The highest BCUT2D eigenvalue weighted by molar-refractivity contribution is 5.86. The Morgan fingerprint density at radius 3 is 1.27 bits per heavy atom. The molecule has 8 aromatic rings. The van der Waals surface area contributed by atoms with E-state index in [0.29, 0.717) is 39.7 Å². The largest absolute Gasteiger partial charge is 0.299 e. The molecule has 242 valence electrons. The van der Waals surface area contributed by atoms with Crippen LogP contribution in [0, 0.1) is 0 Å². The summed E-state index contributed by atoms with van der Waals surface area (Å²) >= 11 is 0. The number of benzene rings is 5. The van der Waals surface area contributed by atoms with Crippen LogP contribution in [0.3, 0.4) is 0 Å². The van der Waals surface area contributed by atoms with E-state index >= 15 is 8.78 Å². The zero-order chi connectivity index (χ0) is 34.4. The molecule has 5 aromatic carbocycles. The van der Waals surface area contributed by atoms with Crippen LogP contribution in [0.4, 0.5) is 8.78 Å². The van der Waals surface area contributed by atoms with E-state index in [2.05, 4.69) is 9.97 Å². The molecule has 0 saturated heterocycles. The van der Waals surface area contributed by atoms with Crippen molar-refractivity contribution in [1.29, 1.82) is 0 Å². The highest BCUT2D eigenvalue weighted by Gasteiger charge is 2.44. The molecule has 0 fully saturated rings. The van der Waals surface area contributed by atoms with E-state index in [1.54, 1.807) is 30.6 Å². The van der Waals surface area contributed by atoms with Gasteiger partial charge in [0.15, 0.2) is 17.5 Å². The van der Waals surface area contributed by atoms with Crippen molar-refractivity contribution >= 4 is 0 Å². The standard InChI is InChI=1S/C44H27F2N5/c45-44(46)37-26-30(32-23-33(39-15-7-9-21-47-39)25-34(24-32)40-16-8-10-22-48-40)17-19-35(37)36-20-18-31(27-38(36)44)43-50-41(28-11-3-1-4-12-28)49-42(51-43)29-13-5-2-6-14-29/h1-27H. The van der Waals surface area contributed by atoms with Crippen LogP contribution in [0.25, 0.3) is 78.9 Å². The number of halogens is 2. The topological polar surface area (TPSA) is 64.5 Å². The minimum Gasteiger partial charge on any atom is -0.256 e. The Morgan fingerprint density at radius 1 is 0.353 bits per heavy atom. The number of fused-ring (bicyclic) bond motifs is 3. The molecule has 1 aliphatic carbocycles. The summed E-state index contributed by atoms with van der Waals surface area (Å²) in [5.74, 6) is -1.99. The summed E-state index contributed by atoms with van der Waals surface area (Å²) in [6.07, 6.45) is 3.48. The van der Waals surface area contributed by atoms with Crippen molar-refractivity contribution < 1.29 is 8.78 Å². The van der Waals surface area contributed by atoms with E-state index < -0.39 is 5.92 Å². The van der Waals surface area contributed by atoms with Gasteiger partial charge in [0.2, 0.25) is 0 Å². The highest BCUT2D eigenvalue weighted by Crippen LogP contribution is 2.53. The van der Waals surface area contributed by atoms with Crippen molar-refractivity contribution in [3.63, 3.8) is 0 Å². The maximum Gasteiger partial charge on any atom is 0.299 e. The molecule has 0 saturated carbocycles. The lowest BCUT2D eigenvalue weighted by molar-refractivity contribution is 0.0481. The fourth-order valence-corrected chi connectivity index (χ4v) is 6.64. The van der Waals surface area contributed by atoms with Gasteiger partial charge in [-0.1, -0.05) is 97.1 Å². The number of hydrogen-bond acceptors (Lipinski definition) is 5. The van der Waals surface area contributed by atoms with Gasteiger partial charge < -0.3 is 0 Å². The molecular weight excluding hydrogens is 637 g/mol. The van der Waals surface area contributed by atoms with Gasteiger partial charge in [-0.05, 0) is 76.9 Å². The van der Waals surface area contributed by atoms with Gasteiger partial charge in [-0.25, -0.2) is 15.0 Å². The molecule has 3 heterocycles. The summed E-state index contributed by atoms with van der Waals surface area (Å²) in [5.41, 5.74) is 7.75. The lowest BCUT2D eigenvalue weighted by Gasteiger charge is -2.15. The molecule has 0 atom stereocenters. The molecule has 0 amide bonds. The summed E-state index contributed by atoms with van der Waals surface area (Å²) in [4.78, 5) is 23.4. The first kappa shape index (κ1) is 30.3. The second-order valence-corrected chi connectivity index (χ2v) is 12.4. The molecule has 0 bridgehead atoms. The third-order valence-electron chi connectivity index (χ3n) is 9.15. The van der Waals surface area contributed by atoms with Crippen LogP contribution in [0.2, 0.25) is 0 Å². The average molecular weight is 664 g/mol. The van der Waals surface area contributed by atoms with Gasteiger partial charge in [-0.2, -0.15) is 8.78 Å². The summed E-state index contributed by atoms with van der Waals surface area (Å²) < 4.78 is 33.3. The maximum absolute atomic E-state index is 16.6. The maximum atomic E-state index is 16.6. The second kappa shape index (κ2) is 12.3. The second-order valence-electron chi connectivity index (χ2n) is 12.4. The van der Waals surface area contributed by atoms with Gasteiger partial charge in [-0.15, -0.1) is 0 Å². The van der Waals surface area contributed by atoms with Crippen molar-refractivity contribution in [2.24, 2.45) is 0 Å². The van der Waals surface area contributed by atoms with Gasteiger partial charge >= 0.3 is 0 Å². The Kier molecular flexibility index (Phi) is 7.32. The van der Waals surface area contributed by atoms with Gasteiger partial charge in [0.1, 0.15) is 0 Å². The van der Waals surface area contributed by atoms with E-state index in [1.807, 2.05) is 127 Å². The Morgan fingerprint density at radius 2 is 0.784 bits per heavy atom. The number of pyridine rings is 2. The molecule has 9 rings (SSSR count). The van der Waals surface area contributed by atoms with E-state index in [-0.39, 0.29) is 11.1 Å². The first-order valence-electron chi connectivity index (χ1n) is 16.5. The number of hydrogen-bond donors (Lipinski definition) is 0. The SMILES string of the molecule is FC1(F)c2cc(-c3cc(-c4ccccn4)cc(-c4ccccn4)c3)ccc2-c2ccc(-c3nc(-c4ccccc4)nc(-c4ccccc4)n3)cc21. The molecule has 7 heteroatoms. The van der Waals surface area contributed by atoms with E-state index in [4.69, 9.17) is 15.0 Å². The van der Waals surface area contributed by atoms with E-state index in [0.717, 1.165) is 39.2 Å². The first-order valence-corrected chi connectivity index (χ1v) is 16.5. The summed E-state index contributed by atoms with van der Waals surface area (Å²) in [6, 6.07) is 47.0. The van der Waals surface area contributed by atoms with Crippen LogP contribution in [0.15, 0.2) is 164 Å². The van der Waals surface area contributed by atoms with Crippen molar-refractivity contribution in [3.8, 4) is 78.9 Å². The molecule has 5 nitrogen and oxygen atoms in total. The molecule has 0 aliphatic heterocycles. The minimum absolute atomic E-state index is 0.0413. The molecule has 51 heavy (non-hydrogen) atoms. The molecule has 0 N–H and O–H groups in total. The smallest absolute Gasteiger partial charge is 0.256 e. The van der Waals surface area contributed by atoms with Gasteiger partial charge in [0.25, 0.3) is 5.92 Å². The molecule has 0 radical (unpaired) electrons. The number of aromatic nitrogens is 5. The molecule has 0 spiro atoms. The van der Waals surface area contributed by atoms with Crippen LogP contribution in [0.1, 0.15) is 11.1 Å². The quantitative estimate of drug-likeness (QED) is 0.177. The third kappa shape index (κ3) is 5.55. The monoisotopic (exact) mass is 663 g/mol. The number of nitrogens with zero attached hydrogens (tertiary/aromatic N) is 5. The van der Waals surface area contributed by atoms with Crippen LogP contribution in [0.5, 0.6) is 0 Å². The summed E-state index contributed by atoms with van der Waals surface area (Å²) in [5, 5.41) is 0. The van der Waals surface area contributed by atoms with Crippen molar-refractivity contribution in [3.05, 3.63) is 175 Å². The van der Waals surface area contributed by atoms with Crippen molar-refractivity contribution in [2.45, 2.75) is 5.92 Å². The van der Waals surface area contributed by atoms with Crippen LogP contribution in [-0.4, -0.2) is 24.9 Å². The van der Waals surface area contributed by atoms with Crippen LogP contribution < -0.4 is 0 Å². The minimum atomic E-state index is -3.25. The number of rotatable bonds is 6. The molecule has 3 aromatic heterocycles. The van der Waals surface area contributed by atoms with Crippen molar-refractivity contribution in [2.75, 3.05) is 0 Å². The summed E-state index contributed by atoms with van der Waals surface area (Å²) in [7, 11) is 0. The normalized spacial score (nSPS) is 12.7. The van der Waals surface area contributed by atoms with E-state index in [9.17, 15) is 0 Å². The van der Waals surface area contributed by atoms with Crippen LogP contribution in [-0.2, 0) is 5.92 Å². The number of alkyl halides is 2. The Labute approximate surface area is 293 Å². The summed E-state index contributed by atoms with van der Waals surface area (Å²) in [6.45, 7) is 0. The Balaban J connectivity index is 1.14. The third-order valence-corrected chi connectivity index (χ3v) is 9.15. The fraction of sp³-hybridized carbons (Fsp3) is 0.0227. The van der Waals surface area contributed by atoms with Gasteiger partial charge in [0.05, 0.1) is 11.4 Å². The van der Waals surface area contributed by atoms with Crippen LogP contribution >= 0.6 is 0 Å². The Bertz CT molecular complexity index is 2250. The fourth-order valence-electron chi connectivity index (χ4n) is 6.64. The van der Waals surface area contributed by atoms with Gasteiger partial charge in [-0.3, -0.25) is 9.97 Å². The lowest BCUT2D eigenvalue weighted by atomic mass is 9.94. The molecule has 0 unspecified atom stereocenters. The molecule has 1 aliphatic rings. The predicted octanol–water partition coefficient (Wildman–Crippen LogP) is 10.8. The Hall–Kier alpha value is -6.73. The highest BCUT2D eigenvalue weighted by atomic mass is 19.3. The first-order chi connectivity index (χ1) is 25.0. The van der Waals surface area contributed by atoms with Gasteiger partial charge in [0, 0.05) is 51.3 Å². The van der Waals surface area contributed by atoms with E-state index in [1.165, 1.54) is 6.07 Å².